The lowest BCUT2D eigenvalue weighted by molar-refractivity contribution is 0.0238. The molecule has 1 aromatic carbocycles. The molecule has 0 unspecified atom stereocenters. The molecule has 1 aliphatic carbocycles. The lowest BCUT2D eigenvalue weighted by atomic mass is 9.75. The predicted molar refractivity (Wildman–Crippen MR) is 83.3 cm³/mol. The molecular formula is C17H21N3O2. The number of nitrogens with one attached hydrogen (secondary N) is 1. The van der Waals surface area contributed by atoms with Gasteiger partial charge in [-0.15, -0.1) is 0 Å². The number of rotatable bonds is 5. The van der Waals surface area contributed by atoms with E-state index in [1.165, 1.54) is 5.56 Å². The third kappa shape index (κ3) is 3.36. The first-order valence-corrected chi connectivity index (χ1v) is 7.64. The van der Waals surface area contributed by atoms with E-state index in [1.54, 1.807) is 24.0 Å². The van der Waals surface area contributed by atoms with Crippen molar-refractivity contribution in [1.29, 1.82) is 0 Å². The molecule has 0 aliphatic heterocycles. The van der Waals surface area contributed by atoms with Crippen LogP contribution in [0, 0.1) is 5.92 Å². The average Bonchev–Trinajstić information content (AvgIpc) is 2.91. The van der Waals surface area contributed by atoms with Gasteiger partial charge in [-0.2, -0.15) is 5.10 Å². The molecule has 3 rings (SSSR count). The van der Waals surface area contributed by atoms with Gasteiger partial charge in [-0.3, -0.25) is 9.48 Å². The van der Waals surface area contributed by atoms with Gasteiger partial charge in [0.25, 0.3) is 5.91 Å². The molecule has 1 heterocycles. The lowest BCUT2D eigenvalue weighted by Gasteiger charge is -2.38. The number of carbonyl (C=O) groups excluding carboxylic acids is 1. The Bertz CT molecular complexity index is 632. The molecular weight excluding hydrogens is 278 g/mol. The minimum absolute atomic E-state index is 0.0281. The van der Waals surface area contributed by atoms with Crippen LogP contribution < -0.4 is 5.32 Å². The van der Waals surface area contributed by atoms with Gasteiger partial charge in [0.05, 0.1) is 6.10 Å². The van der Waals surface area contributed by atoms with Crippen LogP contribution in [-0.4, -0.2) is 32.9 Å². The second-order valence-electron chi connectivity index (χ2n) is 6.03. The Kier molecular flexibility index (Phi) is 4.24. The Morgan fingerprint density at radius 3 is 2.68 bits per heavy atom. The van der Waals surface area contributed by atoms with Crippen LogP contribution in [0.1, 0.15) is 28.9 Å². The van der Waals surface area contributed by atoms with E-state index in [1.807, 2.05) is 18.2 Å². The number of aryl methyl sites for hydroxylation is 1. The van der Waals surface area contributed by atoms with Gasteiger partial charge < -0.3 is 10.4 Å². The molecule has 0 radical (unpaired) electrons. The molecule has 1 aromatic heterocycles. The van der Waals surface area contributed by atoms with E-state index in [2.05, 4.69) is 22.5 Å². The third-order valence-corrected chi connectivity index (χ3v) is 4.28. The van der Waals surface area contributed by atoms with Gasteiger partial charge >= 0.3 is 0 Å². The molecule has 2 aromatic rings. The third-order valence-electron chi connectivity index (χ3n) is 4.28. The number of hydrogen-bond donors (Lipinski definition) is 2. The lowest BCUT2D eigenvalue weighted by Crippen LogP contribution is -2.48. The predicted octanol–water partition coefficient (Wildman–Crippen LogP) is 1.53. The highest BCUT2D eigenvalue weighted by atomic mass is 16.3. The number of benzene rings is 1. The van der Waals surface area contributed by atoms with Crippen molar-refractivity contribution < 1.29 is 9.90 Å². The number of amides is 1. The van der Waals surface area contributed by atoms with E-state index < -0.39 is 0 Å². The first-order chi connectivity index (χ1) is 10.6. The zero-order chi connectivity index (χ0) is 15.5. The largest absolute Gasteiger partial charge is 0.393 e. The molecule has 116 valence electrons. The fourth-order valence-electron chi connectivity index (χ4n) is 2.94. The highest BCUT2D eigenvalue weighted by molar-refractivity contribution is 5.92. The zero-order valence-corrected chi connectivity index (χ0v) is 12.6. The molecule has 0 saturated heterocycles. The SMILES string of the molecule is Cn1ccc(C(=O)N[C@H](Cc2ccccc2)C2CC(O)C2)n1. The van der Waals surface area contributed by atoms with Crippen molar-refractivity contribution in [2.75, 3.05) is 0 Å². The van der Waals surface area contributed by atoms with Gasteiger partial charge in [0.1, 0.15) is 5.69 Å². The molecule has 5 heteroatoms. The molecule has 5 nitrogen and oxygen atoms in total. The zero-order valence-electron chi connectivity index (χ0n) is 12.6. The summed E-state index contributed by atoms with van der Waals surface area (Å²) in [4.78, 5) is 12.3. The van der Waals surface area contributed by atoms with Crippen LogP contribution in [0.4, 0.5) is 0 Å². The second-order valence-corrected chi connectivity index (χ2v) is 6.03. The van der Waals surface area contributed by atoms with Crippen LogP contribution in [0.15, 0.2) is 42.6 Å². The van der Waals surface area contributed by atoms with Gasteiger partial charge in [-0.1, -0.05) is 30.3 Å². The molecule has 0 spiro atoms. The monoisotopic (exact) mass is 299 g/mol. The number of aliphatic hydroxyl groups is 1. The fraction of sp³-hybridized carbons (Fsp3) is 0.412. The van der Waals surface area contributed by atoms with Crippen LogP contribution in [0.3, 0.4) is 0 Å². The van der Waals surface area contributed by atoms with Crippen LogP contribution in [0.2, 0.25) is 0 Å². The van der Waals surface area contributed by atoms with Crippen molar-refractivity contribution in [1.82, 2.24) is 15.1 Å². The summed E-state index contributed by atoms with van der Waals surface area (Å²) in [5.74, 6) is 0.172. The Morgan fingerprint density at radius 2 is 2.09 bits per heavy atom. The summed E-state index contributed by atoms with van der Waals surface area (Å²) in [6.45, 7) is 0. The number of nitrogens with zero attached hydrogens (tertiary/aromatic N) is 2. The highest BCUT2D eigenvalue weighted by Crippen LogP contribution is 2.31. The molecule has 1 atom stereocenters. The quantitative estimate of drug-likeness (QED) is 0.880. The molecule has 2 N–H and O–H groups in total. The maximum Gasteiger partial charge on any atom is 0.272 e. The van der Waals surface area contributed by atoms with Crippen molar-refractivity contribution in [3.8, 4) is 0 Å². The van der Waals surface area contributed by atoms with Crippen molar-refractivity contribution in [3.63, 3.8) is 0 Å². The Morgan fingerprint density at radius 1 is 1.36 bits per heavy atom. The number of carbonyl (C=O) groups is 1. The summed E-state index contributed by atoms with van der Waals surface area (Å²) in [6, 6.07) is 11.9. The summed E-state index contributed by atoms with van der Waals surface area (Å²) in [6.07, 6.45) is 3.81. The van der Waals surface area contributed by atoms with E-state index in [9.17, 15) is 9.90 Å². The number of aromatic nitrogens is 2. The highest BCUT2D eigenvalue weighted by Gasteiger charge is 2.35. The summed E-state index contributed by atoms with van der Waals surface area (Å²) in [5, 5.41) is 16.8. The first-order valence-electron chi connectivity index (χ1n) is 7.64. The van der Waals surface area contributed by atoms with Crippen LogP contribution in [0.25, 0.3) is 0 Å². The van der Waals surface area contributed by atoms with Crippen molar-refractivity contribution >= 4 is 5.91 Å². The Labute approximate surface area is 130 Å². The molecule has 1 amide bonds. The maximum atomic E-state index is 12.3. The van der Waals surface area contributed by atoms with E-state index in [0.29, 0.717) is 11.6 Å². The van der Waals surface area contributed by atoms with Gasteiger partial charge in [-0.25, -0.2) is 0 Å². The van der Waals surface area contributed by atoms with Crippen molar-refractivity contribution in [3.05, 3.63) is 53.9 Å². The Hall–Kier alpha value is -2.14. The van der Waals surface area contributed by atoms with E-state index >= 15 is 0 Å². The summed E-state index contributed by atoms with van der Waals surface area (Å²) >= 11 is 0. The molecule has 22 heavy (non-hydrogen) atoms. The normalized spacial score (nSPS) is 21.9. The second kappa shape index (κ2) is 6.32. The maximum absolute atomic E-state index is 12.3. The van der Waals surface area contributed by atoms with Gasteiger partial charge in [0.2, 0.25) is 0 Å². The Balaban J connectivity index is 1.69. The van der Waals surface area contributed by atoms with E-state index in [0.717, 1.165) is 19.3 Å². The number of hydrogen-bond acceptors (Lipinski definition) is 3. The average molecular weight is 299 g/mol. The minimum atomic E-state index is -0.227. The minimum Gasteiger partial charge on any atom is -0.393 e. The smallest absolute Gasteiger partial charge is 0.272 e. The van der Waals surface area contributed by atoms with Gasteiger partial charge in [0, 0.05) is 19.3 Å². The molecule has 1 fully saturated rings. The number of aliphatic hydroxyl groups excluding tert-OH is 1. The summed E-state index contributed by atoms with van der Waals surface area (Å²) in [7, 11) is 1.79. The van der Waals surface area contributed by atoms with Crippen molar-refractivity contribution in [2.45, 2.75) is 31.4 Å². The van der Waals surface area contributed by atoms with Gasteiger partial charge in [-0.05, 0) is 36.8 Å². The van der Waals surface area contributed by atoms with Crippen LogP contribution in [0.5, 0.6) is 0 Å². The van der Waals surface area contributed by atoms with Crippen LogP contribution >= 0.6 is 0 Å². The first kappa shape index (κ1) is 14.8. The van der Waals surface area contributed by atoms with E-state index in [4.69, 9.17) is 0 Å². The molecule has 1 aliphatic rings. The summed E-state index contributed by atoms with van der Waals surface area (Å²) < 4.78 is 1.62. The molecule has 0 bridgehead atoms. The molecule has 1 saturated carbocycles. The van der Waals surface area contributed by atoms with Crippen LogP contribution in [-0.2, 0) is 13.5 Å². The van der Waals surface area contributed by atoms with Crippen molar-refractivity contribution in [2.24, 2.45) is 13.0 Å². The standard InChI is InChI=1S/C17H21N3O2/c1-20-8-7-15(19-20)17(22)18-16(13-10-14(21)11-13)9-12-5-3-2-4-6-12/h2-8,13-14,16,21H,9-11H2,1H3,(H,18,22)/t13?,14?,16-/m1/s1. The fourth-order valence-corrected chi connectivity index (χ4v) is 2.94. The van der Waals surface area contributed by atoms with E-state index in [-0.39, 0.29) is 18.1 Å². The van der Waals surface area contributed by atoms with Gasteiger partial charge in [0.15, 0.2) is 0 Å². The topological polar surface area (TPSA) is 67.2 Å². The summed E-state index contributed by atoms with van der Waals surface area (Å²) in [5.41, 5.74) is 1.62.